The van der Waals surface area contributed by atoms with Crippen LogP contribution in [0.4, 0.5) is 0 Å². The summed E-state index contributed by atoms with van der Waals surface area (Å²) in [6, 6.07) is 0. The smallest absolute Gasteiger partial charge is 0.0222 e. The molecule has 0 atom stereocenters. The molecule has 0 aliphatic carbocycles. The number of hydrogen-bond donors (Lipinski definition) is 1. The van der Waals surface area contributed by atoms with Crippen molar-refractivity contribution in [2.75, 3.05) is 7.05 Å². The fourth-order valence-corrected chi connectivity index (χ4v) is 0.759. The van der Waals surface area contributed by atoms with Gasteiger partial charge in [0.1, 0.15) is 0 Å². The van der Waals surface area contributed by atoms with Crippen LogP contribution in [0.5, 0.6) is 0 Å². The van der Waals surface area contributed by atoms with Gasteiger partial charge in [-0.3, -0.25) is 0 Å². The summed E-state index contributed by atoms with van der Waals surface area (Å²) in [4.78, 5) is 0. The second-order valence-electron chi connectivity index (χ2n) is 3.72. The number of hydrogen-bond acceptors (Lipinski definition) is 2. The molecule has 11 heavy (non-hydrogen) atoms. The third-order valence-electron chi connectivity index (χ3n) is 2.35. The Morgan fingerprint density at radius 1 is 1.55 bits per heavy atom. The summed E-state index contributed by atoms with van der Waals surface area (Å²) in [5.41, 5.74) is 1.60. The first-order chi connectivity index (χ1) is 4.90. The molecule has 0 aromatic carbocycles. The van der Waals surface area contributed by atoms with Crippen molar-refractivity contribution in [2.45, 2.75) is 34.1 Å². The summed E-state index contributed by atoms with van der Waals surface area (Å²) in [7, 11) is 1.84. The summed E-state index contributed by atoms with van der Waals surface area (Å²) in [5.74, 6) is 5.50. The maximum Gasteiger partial charge on any atom is 0.0222 e. The van der Waals surface area contributed by atoms with E-state index in [1.807, 2.05) is 13.2 Å². The van der Waals surface area contributed by atoms with E-state index in [4.69, 9.17) is 5.84 Å². The molecular formula is C9H20N2. The third kappa shape index (κ3) is 3.42. The second kappa shape index (κ2) is 3.77. The van der Waals surface area contributed by atoms with E-state index in [2.05, 4.69) is 27.7 Å². The van der Waals surface area contributed by atoms with E-state index in [1.54, 1.807) is 5.01 Å². The molecule has 0 aromatic heterocycles. The van der Waals surface area contributed by atoms with Crippen LogP contribution in [0.2, 0.25) is 0 Å². The Bertz CT molecular complexity index is 146. The zero-order valence-corrected chi connectivity index (χ0v) is 8.31. The molecule has 2 heteroatoms. The Morgan fingerprint density at radius 3 is 2.27 bits per heavy atom. The van der Waals surface area contributed by atoms with Crippen molar-refractivity contribution in [3.63, 3.8) is 0 Å². The highest BCUT2D eigenvalue weighted by molar-refractivity contribution is 5.07. The van der Waals surface area contributed by atoms with Crippen LogP contribution >= 0.6 is 0 Å². The second-order valence-corrected chi connectivity index (χ2v) is 3.72. The van der Waals surface area contributed by atoms with Crippen LogP contribution in [0.3, 0.4) is 0 Å². The Kier molecular flexibility index (Phi) is 3.59. The Labute approximate surface area is 70.0 Å². The van der Waals surface area contributed by atoms with Crippen molar-refractivity contribution in [2.24, 2.45) is 11.3 Å². The summed E-state index contributed by atoms with van der Waals surface area (Å²) in [6.07, 6.45) is 3.12. The van der Waals surface area contributed by atoms with Crippen LogP contribution in [0.15, 0.2) is 11.8 Å². The van der Waals surface area contributed by atoms with Crippen molar-refractivity contribution in [3.05, 3.63) is 11.8 Å². The first kappa shape index (κ1) is 10.5. The fourth-order valence-electron chi connectivity index (χ4n) is 0.759. The van der Waals surface area contributed by atoms with Gasteiger partial charge in [0, 0.05) is 13.2 Å². The molecule has 0 saturated heterocycles. The van der Waals surface area contributed by atoms with E-state index in [-0.39, 0.29) is 5.41 Å². The predicted molar refractivity (Wildman–Crippen MR) is 49.8 cm³/mol. The van der Waals surface area contributed by atoms with Crippen LogP contribution in [-0.4, -0.2) is 12.1 Å². The minimum absolute atomic E-state index is 0.271. The summed E-state index contributed by atoms with van der Waals surface area (Å²) in [6.45, 7) is 8.76. The van der Waals surface area contributed by atoms with Gasteiger partial charge < -0.3 is 5.01 Å². The lowest BCUT2D eigenvalue weighted by Crippen LogP contribution is -2.22. The standard InChI is InChI=1S/C9H20N2/c1-6-9(3,4)8(2)7-11(5)10/h7H,6,10H2,1-5H3/b8-7+. The molecular weight excluding hydrogens is 136 g/mol. The largest absolute Gasteiger partial charge is 0.321 e. The van der Waals surface area contributed by atoms with Crippen molar-refractivity contribution in [1.29, 1.82) is 0 Å². The lowest BCUT2D eigenvalue weighted by molar-refractivity contribution is 0.402. The lowest BCUT2D eigenvalue weighted by Gasteiger charge is -2.25. The molecule has 2 N–H and O–H groups in total. The molecule has 0 radical (unpaired) electrons. The molecule has 0 saturated carbocycles. The summed E-state index contributed by atoms with van der Waals surface area (Å²) >= 11 is 0. The van der Waals surface area contributed by atoms with E-state index >= 15 is 0 Å². The molecule has 0 amide bonds. The fraction of sp³-hybridized carbons (Fsp3) is 0.778. The van der Waals surface area contributed by atoms with E-state index < -0.39 is 0 Å². The van der Waals surface area contributed by atoms with Gasteiger partial charge in [-0.05, 0) is 18.8 Å². The van der Waals surface area contributed by atoms with Crippen molar-refractivity contribution in [1.82, 2.24) is 5.01 Å². The zero-order valence-electron chi connectivity index (χ0n) is 8.31. The molecule has 0 aromatic rings. The van der Waals surface area contributed by atoms with Gasteiger partial charge in [-0.15, -0.1) is 0 Å². The monoisotopic (exact) mass is 156 g/mol. The maximum absolute atomic E-state index is 5.50. The van der Waals surface area contributed by atoms with Crippen molar-refractivity contribution < 1.29 is 0 Å². The topological polar surface area (TPSA) is 29.3 Å². The van der Waals surface area contributed by atoms with Gasteiger partial charge in [0.15, 0.2) is 0 Å². The average Bonchev–Trinajstić information content (AvgIpc) is 1.86. The van der Waals surface area contributed by atoms with E-state index in [1.165, 1.54) is 5.57 Å². The number of allylic oxidation sites excluding steroid dienone is 1. The highest BCUT2D eigenvalue weighted by Crippen LogP contribution is 2.28. The number of hydrazine groups is 1. The third-order valence-corrected chi connectivity index (χ3v) is 2.35. The van der Waals surface area contributed by atoms with Crippen LogP contribution in [0.1, 0.15) is 34.1 Å². The minimum Gasteiger partial charge on any atom is -0.321 e. The quantitative estimate of drug-likeness (QED) is 0.501. The summed E-state index contributed by atoms with van der Waals surface area (Å²) in [5, 5.41) is 1.60. The Hall–Kier alpha value is -0.500. The van der Waals surface area contributed by atoms with Gasteiger partial charge in [-0.2, -0.15) is 0 Å². The predicted octanol–water partition coefficient (Wildman–Crippen LogP) is 2.13. The van der Waals surface area contributed by atoms with Gasteiger partial charge in [0.25, 0.3) is 0 Å². The SMILES string of the molecule is CCC(C)(C)/C(C)=C/N(C)N. The van der Waals surface area contributed by atoms with Crippen molar-refractivity contribution in [3.8, 4) is 0 Å². The molecule has 0 fully saturated rings. The molecule has 0 aliphatic heterocycles. The van der Waals surface area contributed by atoms with Crippen LogP contribution in [-0.2, 0) is 0 Å². The molecule has 0 unspecified atom stereocenters. The molecule has 0 bridgehead atoms. The van der Waals surface area contributed by atoms with E-state index in [0.29, 0.717) is 0 Å². The maximum atomic E-state index is 5.50. The van der Waals surface area contributed by atoms with Crippen LogP contribution in [0, 0.1) is 5.41 Å². The highest BCUT2D eigenvalue weighted by Gasteiger charge is 2.16. The zero-order chi connectivity index (χ0) is 9.07. The van der Waals surface area contributed by atoms with Crippen LogP contribution in [0.25, 0.3) is 0 Å². The molecule has 66 valence electrons. The van der Waals surface area contributed by atoms with Gasteiger partial charge in [-0.25, -0.2) is 5.84 Å². The van der Waals surface area contributed by atoms with Gasteiger partial charge in [-0.1, -0.05) is 26.3 Å². The Balaban J connectivity index is 4.33. The number of rotatable bonds is 3. The number of nitrogens with two attached hydrogens (primary N) is 1. The van der Waals surface area contributed by atoms with Gasteiger partial charge in [0.05, 0.1) is 0 Å². The molecule has 0 spiro atoms. The molecule has 0 rings (SSSR count). The van der Waals surface area contributed by atoms with Gasteiger partial charge in [0.2, 0.25) is 0 Å². The first-order valence-corrected chi connectivity index (χ1v) is 4.06. The first-order valence-electron chi connectivity index (χ1n) is 4.06. The summed E-state index contributed by atoms with van der Waals surface area (Å²) < 4.78 is 0. The molecule has 0 aliphatic rings. The van der Waals surface area contributed by atoms with Crippen molar-refractivity contribution >= 4 is 0 Å². The minimum atomic E-state index is 0.271. The molecule has 2 nitrogen and oxygen atoms in total. The van der Waals surface area contributed by atoms with E-state index in [9.17, 15) is 0 Å². The van der Waals surface area contributed by atoms with Crippen LogP contribution < -0.4 is 5.84 Å². The van der Waals surface area contributed by atoms with Gasteiger partial charge >= 0.3 is 0 Å². The normalized spacial score (nSPS) is 13.5. The number of nitrogens with zero attached hydrogens (tertiary/aromatic N) is 1. The van der Waals surface area contributed by atoms with E-state index in [0.717, 1.165) is 6.42 Å². The lowest BCUT2D eigenvalue weighted by atomic mass is 9.83. The average molecular weight is 156 g/mol. The highest BCUT2D eigenvalue weighted by atomic mass is 15.4. The molecule has 0 heterocycles. The Morgan fingerprint density at radius 2 is 2.00 bits per heavy atom.